The SMILES string of the molecule is CC1=C2OC(C)(C)CC2C(C)(c2ccccc2C(C)C)C(N)=C1C. The van der Waals surface area contributed by atoms with E-state index in [4.69, 9.17) is 10.5 Å². The van der Waals surface area contributed by atoms with E-state index in [1.807, 2.05) is 0 Å². The van der Waals surface area contributed by atoms with E-state index in [0.717, 1.165) is 17.9 Å². The smallest absolute Gasteiger partial charge is 0.104 e. The average Bonchev–Trinajstić information content (AvgIpc) is 2.87. The molecule has 2 atom stereocenters. The van der Waals surface area contributed by atoms with Crippen molar-refractivity contribution in [3.63, 3.8) is 0 Å². The highest BCUT2D eigenvalue weighted by atomic mass is 16.5. The minimum Gasteiger partial charge on any atom is -0.492 e. The van der Waals surface area contributed by atoms with E-state index in [0.29, 0.717) is 11.8 Å². The van der Waals surface area contributed by atoms with Gasteiger partial charge in [0, 0.05) is 17.0 Å². The maximum atomic E-state index is 6.78. The summed E-state index contributed by atoms with van der Waals surface area (Å²) in [5.41, 5.74) is 12.6. The van der Waals surface area contributed by atoms with E-state index in [1.165, 1.54) is 22.3 Å². The minimum atomic E-state index is -0.215. The molecule has 24 heavy (non-hydrogen) atoms. The van der Waals surface area contributed by atoms with E-state index in [9.17, 15) is 0 Å². The lowest BCUT2D eigenvalue weighted by atomic mass is 9.61. The molecule has 0 saturated carbocycles. The highest BCUT2D eigenvalue weighted by molar-refractivity contribution is 5.53. The molecule has 1 aromatic carbocycles. The molecule has 2 N–H and O–H groups in total. The van der Waals surface area contributed by atoms with Gasteiger partial charge < -0.3 is 10.5 Å². The Balaban J connectivity index is 2.27. The van der Waals surface area contributed by atoms with Crippen LogP contribution in [0.1, 0.15) is 71.9 Å². The molecular weight excluding hydrogens is 294 g/mol. The van der Waals surface area contributed by atoms with Crippen LogP contribution < -0.4 is 5.73 Å². The fraction of sp³-hybridized carbons (Fsp3) is 0.545. The van der Waals surface area contributed by atoms with Gasteiger partial charge in [-0.25, -0.2) is 0 Å². The van der Waals surface area contributed by atoms with Crippen LogP contribution in [0.2, 0.25) is 0 Å². The molecule has 0 spiro atoms. The van der Waals surface area contributed by atoms with Crippen LogP contribution in [0.15, 0.2) is 46.9 Å². The van der Waals surface area contributed by atoms with Gasteiger partial charge in [0.2, 0.25) is 0 Å². The summed E-state index contributed by atoms with van der Waals surface area (Å²) in [7, 11) is 0. The molecule has 1 aromatic rings. The second-order valence-electron chi connectivity index (χ2n) is 8.59. The summed E-state index contributed by atoms with van der Waals surface area (Å²) < 4.78 is 6.39. The average molecular weight is 325 g/mol. The van der Waals surface area contributed by atoms with E-state index in [2.05, 4.69) is 72.7 Å². The van der Waals surface area contributed by atoms with Gasteiger partial charge in [-0.15, -0.1) is 0 Å². The maximum absolute atomic E-state index is 6.78. The number of allylic oxidation sites excluding steroid dienone is 4. The van der Waals surface area contributed by atoms with Gasteiger partial charge in [0.15, 0.2) is 0 Å². The van der Waals surface area contributed by atoms with Crippen LogP contribution in [0.25, 0.3) is 0 Å². The van der Waals surface area contributed by atoms with Gasteiger partial charge in [0.05, 0.1) is 0 Å². The minimum absolute atomic E-state index is 0.139. The number of nitrogens with two attached hydrogens (primary N) is 1. The molecule has 0 bridgehead atoms. The molecule has 0 amide bonds. The summed E-state index contributed by atoms with van der Waals surface area (Å²) in [5.74, 6) is 1.92. The van der Waals surface area contributed by atoms with Gasteiger partial charge in [0.25, 0.3) is 0 Å². The molecule has 2 aliphatic rings. The van der Waals surface area contributed by atoms with Crippen LogP contribution in [0.4, 0.5) is 0 Å². The van der Waals surface area contributed by atoms with Crippen LogP contribution in [0.3, 0.4) is 0 Å². The molecule has 1 saturated heterocycles. The molecule has 1 aliphatic carbocycles. The summed E-state index contributed by atoms with van der Waals surface area (Å²) in [5, 5.41) is 0. The third kappa shape index (κ3) is 2.30. The first-order chi connectivity index (χ1) is 11.1. The molecule has 3 rings (SSSR count). The normalized spacial score (nSPS) is 29.1. The largest absolute Gasteiger partial charge is 0.492 e. The molecule has 2 nitrogen and oxygen atoms in total. The fourth-order valence-electron chi connectivity index (χ4n) is 4.57. The Labute approximate surface area is 146 Å². The zero-order valence-corrected chi connectivity index (χ0v) is 16.2. The monoisotopic (exact) mass is 325 g/mol. The summed E-state index contributed by atoms with van der Waals surface area (Å²) in [6.45, 7) is 15.5. The van der Waals surface area contributed by atoms with Gasteiger partial charge in [0.1, 0.15) is 11.4 Å². The Kier molecular flexibility index (Phi) is 3.86. The molecule has 0 aromatic heterocycles. The van der Waals surface area contributed by atoms with E-state index in [1.54, 1.807) is 0 Å². The van der Waals surface area contributed by atoms with E-state index in [-0.39, 0.29) is 11.0 Å². The van der Waals surface area contributed by atoms with Crippen LogP contribution >= 0.6 is 0 Å². The van der Waals surface area contributed by atoms with Crippen molar-refractivity contribution in [2.75, 3.05) is 0 Å². The molecule has 1 heterocycles. The van der Waals surface area contributed by atoms with Crippen LogP contribution in [-0.4, -0.2) is 5.60 Å². The van der Waals surface area contributed by atoms with Crippen molar-refractivity contribution in [2.24, 2.45) is 11.7 Å². The first-order valence-electron chi connectivity index (χ1n) is 9.06. The van der Waals surface area contributed by atoms with Gasteiger partial charge in [-0.3, -0.25) is 0 Å². The number of hydrogen-bond acceptors (Lipinski definition) is 2. The summed E-state index contributed by atoms with van der Waals surface area (Å²) >= 11 is 0. The Morgan fingerprint density at radius 1 is 1.08 bits per heavy atom. The summed E-state index contributed by atoms with van der Waals surface area (Å²) in [4.78, 5) is 0. The molecule has 1 aliphatic heterocycles. The number of fused-ring (bicyclic) bond motifs is 1. The Bertz CT molecular complexity index is 738. The highest BCUT2D eigenvalue weighted by Gasteiger charge is 2.53. The Morgan fingerprint density at radius 3 is 2.33 bits per heavy atom. The zero-order valence-electron chi connectivity index (χ0n) is 16.2. The van der Waals surface area contributed by atoms with Crippen molar-refractivity contribution in [3.8, 4) is 0 Å². The molecule has 130 valence electrons. The van der Waals surface area contributed by atoms with Gasteiger partial charge in [-0.05, 0) is 69.2 Å². The second kappa shape index (κ2) is 5.40. The van der Waals surface area contributed by atoms with Crippen molar-refractivity contribution in [3.05, 3.63) is 58.0 Å². The molecule has 0 radical (unpaired) electrons. The topological polar surface area (TPSA) is 35.2 Å². The summed E-state index contributed by atoms with van der Waals surface area (Å²) in [6.07, 6.45) is 0.997. The molecule has 2 unspecified atom stereocenters. The zero-order chi connectivity index (χ0) is 17.9. The standard InChI is InChI=1S/C22H31NO/c1-13(2)16-10-8-9-11-17(16)22(7)18-12-21(5,6)24-19(18)14(3)15(4)20(22)23/h8-11,13,18H,12,23H2,1-7H3. The number of rotatable bonds is 2. The molecule has 1 fully saturated rings. The predicted molar refractivity (Wildman–Crippen MR) is 101 cm³/mol. The Hall–Kier alpha value is -1.70. The number of ether oxygens (including phenoxy) is 1. The Morgan fingerprint density at radius 2 is 1.71 bits per heavy atom. The van der Waals surface area contributed by atoms with E-state index >= 15 is 0 Å². The van der Waals surface area contributed by atoms with Gasteiger partial charge >= 0.3 is 0 Å². The van der Waals surface area contributed by atoms with Crippen molar-refractivity contribution in [1.29, 1.82) is 0 Å². The van der Waals surface area contributed by atoms with Crippen molar-refractivity contribution in [1.82, 2.24) is 0 Å². The van der Waals surface area contributed by atoms with E-state index < -0.39 is 0 Å². The predicted octanol–water partition coefficient (Wildman–Crippen LogP) is 5.40. The third-order valence-corrected chi connectivity index (χ3v) is 6.13. The number of hydrogen-bond donors (Lipinski definition) is 1. The third-order valence-electron chi connectivity index (χ3n) is 6.13. The van der Waals surface area contributed by atoms with Crippen molar-refractivity contribution in [2.45, 2.75) is 71.8 Å². The fourth-order valence-corrected chi connectivity index (χ4v) is 4.57. The van der Waals surface area contributed by atoms with Gasteiger partial charge in [-0.1, -0.05) is 38.1 Å². The first kappa shape index (κ1) is 17.1. The van der Waals surface area contributed by atoms with Crippen LogP contribution in [0.5, 0.6) is 0 Å². The molecular formula is C22H31NO. The first-order valence-corrected chi connectivity index (χ1v) is 9.06. The second-order valence-corrected chi connectivity index (χ2v) is 8.59. The van der Waals surface area contributed by atoms with Crippen LogP contribution in [-0.2, 0) is 10.2 Å². The summed E-state index contributed by atoms with van der Waals surface area (Å²) in [6, 6.07) is 8.79. The van der Waals surface area contributed by atoms with Crippen LogP contribution in [0, 0.1) is 5.92 Å². The quantitative estimate of drug-likeness (QED) is 0.790. The lowest BCUT2D eigenvalue weighted by molar-refractivity contribution is 0.0750. The highest BCUT2D eigenvalue weighted by Crippen LogP contribution is 2.56. The number of benzene rings is 1. The lowest BCUT2D eigenvalue weighted by Gasteiger charge is -2.42. The van der Waals surface area contributed by atoms with Crippen molar-refractivity contribution >= 4 is 0 Å². The van der Waals surface area contributed by atoms with Gasteiger partial charge in [-0.2, -0.15) is 0 Å². The lowest BCUT2D eigenvalue weighted by Crippen LogP contribution is -2.42. The molecule has 2 heteroatoms. The van der Waals surface area contributed by atoms with Crippen molar-refractivity contribution < 1.29 is 4.74 Å². The maximum Gasteiger partial charge on any atom is 0.104 e.